The van der Waals surface area contributed by atoms with Gasteiger partial charge in [-0.05, 0) is 35.6 Å². The van der Waals surface area contributed by atoms with Crippen molar-refractivity contribution >= 4 is 40.4 Å². The zero-order valence-corrected chi connectivity index (χ0v) is 20.2. The summed E-state index contributed by atoms with van der Waals surface area (Å²) < 4.78 is 5.62. The average Bonchev–Trinajstić information content (AvgIpc) is 3.19. The summed E-state index contributed by atoms with van der Waals surface area (Å²) in [5.41, 5.74) is 2.94. The van der Waals surface area contributed by atoms with Crippen molar-refractivity contribution in [3.05, 3.63) is 98.1 Å². The molecule has 8 nitrogen and oxygen atoms in total. The van der Waals surface area contributed by atoms with Gasteiger partial charge in [0.25, 0.3) is 11.4 Å². The molecule has 1 saturated carbocycles. The molecule has 3 aromatic rings. The third-order valence-corrected chi connectivity index (χ3v) is 8.95. The van der Waals surface area contributed by atoms with Gasteiger partial charge in [-0.1, -0.05) is 36.4 Å². The molecule has 0 aromatic heterocycles. The second kappa shape index (κ2) is 9.39. The second-order valence-electron chi connectivity index (χ2n) is 8.65. The highest BCUT2D eigenvalue weighted by atomic mass is 35.5. The van der Waals surface area contributed by atoms with Gasteiger partial charge in [-0.25, -0.2) is 0 Å². The topological polar surface area (TPSA) is 108 Å². The van der Waals surface area contributed by atoms with Gasteiger partial charge in [0.2, 0.25) is 0 Å². The number of non-ortho nitro benzene ring substituents is 1. The molecule has 1 aliphatic carbocycles. The Hall–Kier alpha value is -3.30. The lowest BCUT2D eigenvalue weighted by Crippen LogP contribution is -2.31. The number of anilines is 1. The molecule has 0 amide bonds. The quantitative estimate of drug-likeness (QED) is 0.227. The van der Waals surface area contributed by atoms with Crippen molar-refractivity contribution in [3.8, 4) is 5.75 Å². The predicted octanol–water partition coefficient (Wildman–Crippen LogP) is 6.55. The van der Waals surface area contributed by atoms with E-state index in [4.69, 9.17) is 16.3 Å². The molecule has 180 valence electrons. The van der Waals surface area contributed by atoms with E-state index in [9.17, 15) is 20.2 Å². The molecule has 0 bridgehead atoms. The van der Waals surface area contributed by atoms with Crippen LogP contribution in [0.5, 0.6) is 5.75 Å². The molecule has 10 heteroatoms. The van der Waals surface area contributed by atoms with Crippen molar-refractivity contribution in [1.82, 2.24) is 0 Å². The molecule has 2 aliphatic rings. The van der Waals surface area contributed by atoms with Crippen molar-refractivity contribution in [3.63, 3.8) is 0 Å². The summed E-state index contributed by atoms with van der Waals surface area (Å²) in [4.78, 5) is 22.5. The minimum Gasteiger partial charge on any atom is -0.495 e. The number of nitrogens with zero attached hydrogens (tertiary/aromatic N) is 2. The number of hydrogen-bond donors (Lipinski definition) is 1. The Morgan fingerprint density at radius 3 is 2.43 bits per heavy atom. The molecule has 1 fully saturated rings. The van der Waals surface area contributed by atoms with Gasteiger partial charge < -0.3 is 10.1 Å². The van der Waals surface area contributed by atoms with Gasteiger partial charge in [0.05, 0.1) is 39.0 Å². The number of nitro benzene ring substituents is 2. The molecule has 35 heavy (non-hydrogen) atoms. The molecule has 0 radical (unpaired) electrons. The van der Waals surface area contributed by atoms with Crippen LogP contribution >= 0.6 is 23.4 Å². The van der Waals surface area contributed by atoms with E-state index in [-0.39, 0.29) is 44.8 Å². The molecule has 0 saturated heterocycles. The molecule has 1 aliphatic heterocycles. The molecule has 1 heterocycles. The number of halogens is 1. The summed E-state index contributed by atoms with van der Waals surface area (Å²) in [6.07, 6.45) is 0.723. The first-order valence-electron chi connectivity index (χ1n) is 11.1. The summed E-state index contributed by atoms with van der Waals surface area (Å²) in [7, 11) is 1.62. The number of rotatable bonds is 6. The number of thioether (sulfide) groups is 1. The van der Waals surface area contributed by atoms with Crippen molar-refractivity contribution in [2.45, 2.75) is 33.9 Å². The fraction of sp³-hybridized carbons (Fsp3) is 0.280. The maximum absolute atomic E-state index is 11.6. The third kappa shape index (κ3) is 4.19. The molecule has 0 spiro atoms. The Morgan fingerprint density at radius 1 is 1.00 bits per heavy atom. The first kappa shape index (κ1) is 23.4. The van der Waals surface area contributed by atoms with Crippen LogP contribution in [0.4, 0.5) is 17.1 Å². The third-order valence-electron chi connectivity index (χ3n) is 6.83. The number of benzene rings is 3. The van der Waals surface area contributed by atoms with E-state index in [1.807, 2.05) is 18.2 Å². The first-order chi connectivity index (χ1) is 16.9. The zero-order valence-electron chi connectivity index (χ0n) is 18.7. The molecular formula is C25H22ClN3O5S. The monoisotopic (exact) mass is 511 g/mol. The molecular weight excluding hydrogens is 490 g/mol. The molecule has 1 N–H and O–H groups in total. The van der Waals surface area contributed by atoms with Gasteiger partial charge >= 0.3 is 0 Å². The molecule has 0 unspecified atom stereocenters. The van der Waals surface area contributed by atoms with Crippen LogP contribution in [0.3, 0.4) is 0 Å². The maximum Gasteiger partial charge on any atom is 0.282 e. The maximum atomic E-state index is 11.6. The lowest BCUT2D eigenvalue weighted by atomic mass is 9.77. The number of alkyl halides is 1. The van der Waals surface area contributed by atoms with Gasteiger partial charge in [0.1, 0.15) is 5.75 Å². The van der Waals surface area contributed by atoms with Crippen LogP contribution in [0.25, 0.3) is 0 Å². The van der Waals surface area contributed by atoms with E-state index in [1.165, 1.54) is 30.0 Å². The molecule has 5 rings (SSSR count). The normalized spacial score (nSPS) is 24.7. The number of methoxy groups -OCH3 is 1. The number of para-hydroxylation sites is 2. The Bertz CT molecular complexity index is 1290. The SMILES string of the molecule is COc1cccc2c1N[C@H](c1ccc([N+](=O)[O-])cc1)[C@@H]1C[C@H](Sc3ccccc3[N+](=O)[O-])[C@@H](Cl)[C@@H]21. The zero-order chi connectivity index (χ0) is 24.7. The number of fused-ring (bicyclic) bond motifs is 3. The van der Waals surface area contributed by atoms with Gasteiger partial charge in [0.15, 0.2) is 0 Å². The highest BCUT2D eigenvalue weighted by Gasteiger charge is 2.51. The Morgan fingerprint density at radius 2 is 1.74 bits per heavy atom. The van der Waals surface area contributed by atoms with Crippen molar-refractivity contribution < 1.29 is 14.6 Å². The van der Waals surface area contributed by atoms with Gasteiger partial charge in [0, 0.05) is 29.4 Å². The van der Waals surface area contributed by atoms with Crippen LogP contribution < -0.4 is 10.1 Å². The van der Waals surface area contributed by atoms with E-state index in [2.05, 4.69) is 5.32 Å². The number of ether oxygens (including phenoxy) is 1. The summed E-state index contributed by atoms with van der Waals surface area (Å²) in [6.45, 7) is 0. The highest BCUT2D eigenvalue weighted by molar-refractivity contribution is 8.00. The Labute approximate surface area is 210 Å². The van der Waals surface area contributed by atoms with E-state index < -0.39 is 4.92 Å². The van der Waals surface area contributed by atoms with Crippen LogP contribution in [-0.2, 0) is 0 Å². The number of nitro groups is 2. The minimum atomic E-state index is -0.414. The fourth-order valence-corrected chi connectivity index (χ4v) is 7.23. The highest BCUT2D eigenvalue weighted by Crippen LogP contribution is 2.59. The lowest BCUT2D eigenvalue weighted by Gasteiger charge is -2.38. The standard InChI is InChI=1S/C25H22ClN3O5S/c1-34-19-7-4-5-16-22-17(24(27-25(16)19)14-9-11-15(12-10-14)28(30)31)13-21(23(22)26)35-20-8-3-2-6-18(20)29(32)33/h2-12,17,21-24,27H,13H2,1H3/t17-,21+,22+,23-,24-/m1/s1. The number of nitrogens with one attached hydrogen (secondary N) is 1. The Balaban J connectivity index is 1.54. The summed E-state index contributed by atoms with van der Waals surface area (Å²) >= 11 is 8.57. The largest absolute Gasteiger partial charge is 0.495 e. The van der Waals surface area contributed by atoms with Gasteiger partial charge in [-0.2, -0.15) is 0 Å². The van der Waals surface area contributed by atoms with Crippen LogP contribution in [0.15, 0.2) is 71.6 Å². The van der Waals surface area contributed by atoms with E-state index in [0.717, 1.165) is 23.2 Å². The van der Waals surface area contributed by atoms with Gasteiger partial charge in [-0.15, -0.1) is 23.4 Å². The predicted molar refractivity (Wildman–Crippen MR) is 136 cm³/mol. The van der Waals surface area contributed by atoms with Crippen LogP contribution in [0.2, 0.25) is 0 Å². The van der Waals surface area contributed by atoms with Crippen molar-refractivity contribution in [2.24, 2.45) is 5.92 Å². The lowest BCUT2D eigenvalue weighted by molar-refractivity contribution is -0.387. The summed E-state index contributed by atoms with van der Waals surface area (Å²) in [5.74, 6) is 0.758. The summed E-state index contributed by atoms with van der Waals surface area (Å²) in [5, 5.41) is 26.0. The van der Waals surface area contributed by atoms with Crippen LogP contribution in [0, 0.1) is 26.1 Å². The smallest absolute Gasteiger partial charge is 0.282 e. The van der Waals surface area contributed by atoms with Crippen LogP contribution in [-0.4, -0.2) is 27.6 Å². The van der Waals surface area contributed by atoms with E-state index in [1.54, 1.807) is 37.4 Å². The van der Waals surface area contributed by atoms with Crippen molar-refractivity contribution in [1.29, 1.82) is 0 Å². The van der Waals surface area contributed by atoms with Gasteiger partial charge in [-0.3, -0.25) is 20.2 Å². The average molecular weight is 512 g/mol. The summed E-state index contributed by atoms with van der Waals surface area (Å²) in [6, 6.07) is 19.0. The fourth-order valence-electron chi connectivity index (χ4n) is 5.29. The Kier molecular flexibility index (Phi) is 6.29. The van der Waals surface area contributed by atoms with E-state index >= 15 is 0 Å². The van der Waals surface area contributed by atoms with E-state index in [0.29, 0.717) is 10.6 Å². The second-order valence-corrected chi connectivity index (χ2v) is 10.4. The number of hydrogen-bond acceptors (Lipinski definition) is 7. The minimum absolute atomic E-state index is 0.0246. The van der Waals surface area contributed by atoms with Crippen molar-refractivity contribution in [2.75, 3.05) is 12.4 Å². The molecule has 5 atom stereocenters. The first-order valence-corrected chi connectivity index (χ1v) is 12.4. The molecule has 3 aromatic carbocycles. The van der Waals surface area contributed by atoms with Crippen LogP contribution in [0.1, 0.15) is 29.5 Å².